The van der Waals surface area contributed by atoms with Crippen LogP contribution in [0, 0.1) is 0 Å². The normalized spacial score (nSPS) is 21.9. The monoisotopic (exact) mass is 1040 g/mol. The maximum Gasteiger partial charge on any atom is 0.312 e. The van der Waals surface area contributed by atoms with Gasteiger partial charge < -0.3 is 75.0 Å². The van der Waals surface area contributed by atoms with E-state index in [0.717, 1.165) is 16.5 Å². The number of imidazole rings is 1. The first-order chi connectivity index (χ1) is 36.0. The fraction of sp³-hybridized carbons (Fsp3) is 0.460. The number of carbonyl (C=O) groups excluding carboxylic acids is 9. The number of guanidine groups is 1. The Morgan fingerprint density at radius 3 is 2.24 bits per heavy atom. The zero-order valence-corrected chi connectivity index (χ0v) is 41.8. The van der Waals surface area contributed by atoms with E-state index in [-0.39, 0.29) is 83.4 Å². The first-order valence-electron chi connectivity index (χ1n) is 25.1. The van der Waals surface area contributed by atoms with Gasteiger partial charge in [-0.3, -0.25) is 43.3 Å². The van der Waals surface area contributed by atoms with E-state index in [0.29, 0.717) is 29.7 Å². The number of primary amides is 2. The molecule has 7 atom stereocenters. The highest BCUT2D eigenvalue weighted by Crippen LogP contribution is 2.26. The van der Waals surface area contributed by atoms with E-state index in [9.17, 15) is 38.4 Å². The Hall–Kier alpha value is -8.51. The average molecular weight is 1040 g/mol. The number of carbonyl (C=O) groups is 9. The van der Waals surface area contributed by atoms with Crippen molar-refractivity contribution in [3.63, 3.8) is 0 Å². The molecule has 2 aromatic carbocycles. The molecule has 4 aromatic rings. The molecule has 1 fully saturated rings. The highest BCUT2D eigenvalue weighted by molar-refractivity contribution is 5.99. The summed E-state index contributed by atoms with van der Waals surface area (Å²) in [5, 5.41) is 19.6. The molecule has 75 heavy (non-hydrogen) atoms. The molecule has 0 unspecified atom stereocenters. The number of benzene rings is 2. The van der Waals surface area contributed by atoms with Crippen molar-refractivity contribution < 1.29 is 43.2 Å². The van der Waals surface area contributed by atoms with Crippen LogP contribution in [-0.2, 0) is 64.2 Å². The zero-order chi connectivity index (χ0) is 54.0. The summed E-state index contributed by atoms with van der Waals surface area (Å²) >= 11 is 0. The lowest BCUT2D eigenvalue weighted by atomic mass is 9.92. The van der Waals surface area contributed by atoms with Gasteiger partial charge in [0.25, 0.3) is 0 Å². The quantitative estimate of drug-likeness (QED) is 0.0368. The van der Waals surface area contributed by atoms with Crippen molar-refractivity contribution in [3.8, 4) is 0 Å². The van der Waals surface area contributed by atoms with Crippen LogP contribution in [0.4, 0.5) is 4.79 Å². The topological polar surface area (TPSA) is 402 Å². The molecule has 2 aliphatic rings. The lowest BCUT2D eigenvalue weighted by molar-refractivity contribution is -0.145. The number of amides is 10. The molecule has 4 heterocycles. The molecule has 25 heteroatoms. The Morgan fingerprint density at radius 1 is 0.800 bits per heavy atom. The number of nitrogens with one attached hydrogen (secondary N) is 9. The van der Waals surface area contributed by atoms with Crippen molar-refractivity contribution in [2.75, 3.05) is 13.1 Å². The van der Waals surface area contributed by atoms with Gasteiger partial charge in [0.2, 0.25) is 47.3 Å². The fourth-order valence-corrected chi connectivity index (χ4v) is 9.17. The van der Waals surface area contributed by atoms with E-state index in [1.165, 1.54) is 17.4 Å². The first-order valence-corrected chi connectivity index (χ1v) is 25.1. The number of fused-ring (bicyclic) bond motifs is 3. The van der Waals surface area contributed by atoms with Crippen LogP contribution in [0.3, 0.4) is 0 Å². The molecule has 6 rings (SSSR count). The molecule has 0 bridgehead atoms. The summed E-state index contributed by atoms with van der Waals surface area (Å²) in [5.74, 6) is -6.48. The van der Waals surface area contributed by atoms with Gasteiger partial charge in [-0.2, -0.15) is 0 Å². The number of para-hydroxylation sites is 1. The van der Waals surface area contributed by atoms with Crippen LogP contribution in [0.25, 0.3) is 10.9 Å². The SMILES string of the molecule is CCCC[C@H](NC(N)=O)C(=O)N[C@H]1CC(=O)NCCCC[C@@H](C(N)=O)NC(=O)[C@H](Cc2c[nH]c3ccccc23)NC(=O)[C@H](CCCN=C(N)N)NC(=O)[C@H]2Cc3ccccc3CN2C(=O)[C@H](Cc2cnc[nH]2)NC1=O. The first kappa shape index (κ1) is 55.8. The third kappa shape index (κ3) is 16.0. The Labute approximate surface area is 432 Å². The summed E-state index contributed by atoms with van der Waals surface area (Å²) in [6.07, 6.45) is 5.67. The van der Waals surface area contributed by atoms with E-state index in [1.54, 1.807) is 24.4 Å². The van der Waals surface area contributed by atoms with Crippen LogP contribution in [0.1, 0.15) is 87.1 Å². The van der Waals surface area contributed by atoms with Crippen LogP contribution in [-0.4, -0.2) is 134 Å². The maximum atomic E-state index is 15.2. The Bertz CT molecular complexity index is 2700. The number of unbranched alkanes of at least 4 members (excludes halogenated alkanes) is 1. The molecule has 10 amide bonds. The van der Waals surface area contributed by atoms with Gasteiger partial charge in [-0.15, -0.1) is 0 Å². The van der Waals surface area contributed by atoms with Gasteiger partial charge >= 0.3 is 6.03 Å². The molecular weight excluding hydrogens is 969 g/mol. The fourth-order valence-electron chi connectivity index (χ4n) is 9.17. The van der Waals surface area contributed by atoms with E-state index in [4.69, 9.17) is 22.9 Å². The van der Waals surface area contributed by atoms with E-state index in [1.807, 2.05) is 37.3 Å². The minimum absolute atomic E-state index is 0.0220. The smallest absolute Gasteiger partial charge is 0.312 e. The summed E-state index contributed by atoms with van der Waals surface area (Å²) in [4.78, 5) is 142. The van der Waals surface area contributed by atoms with Crippen LogP contribution < -0.4 is 60.2 Å². The second-order valence-corrected chi connectivity index (χ2v) is 18.7. The van der Waals surface area contributed by atoms with Gasteiger partial charge in [0.05, 0.1) is 12.7 Å². The van der Waals surface area contributed by atoms with Crippen molar-refractivity contribution in [1.82, 2.24) is 57.1 Å². The lowest BCUT2D eigenvalue weighted by Gasteiger charge is -2.39. The lowest BCUT2D eigenvalue weighted by Crippen LogP contribution is -2.62. The number of aromatic nitrogens is 3. The summed E-state index contributed by atoms with van der Waals surface area (Å²) in [6.45, 7) is 1.87. The third-order valence-corrected chi connectivity index (χ3v) is 13.1. The van der Waals surface area contributed by atoms with Crippen molar-refractivity contribution in [1.29, 1.82) is 0 Å². The van der Waals surface area contributed by atoms with Crippen molar-refractivity contribution >= 4 is 70.2 Å². The van der Waals surface area contributed by atoms with Gasteiger partial charge in [-0.25, -0.2) is 9.78 Å². The molecule has 25 nitrogen and oxygen atoms in total. The molecule has 1 saturated heterocycles. The zero-order valence-electron chi connectivity index (χ0n) is 41.8. The van der Waals surface area contributed by atoms with E-state index in [2.05, 4.69) is 57.2 Å². The van der Waals surface area contributed by atoms with Crippen molar-refractivity contribution in [2.24, 2.45) is 27.9 Å². The van der Waals surface area contributed by atoms with Gasteiger partial charge in [0.15, 0.2) is 5.96 Å². The highest BCUT2D eigenvalue weighted by atomic mass is 16.2. The minimum Gasteiger partial charge on any atom is -0.370 e. The highest BCUT2D eigenvalue weighted by Gasteiger charge is 2.41. The van der Waals surface area contributed by atoms with Crippen molar-refractivity contribution in [3.05, 3.63) is 89.6 Å². The Balaban J connectivity index is 1.40. The molecule has 2 aliphatic heterocycles. The molecule has 2 aromatic heterocycles. The van der Waals surface area contributed by atoms with Gasteiger partial charge in [0, 0.05) is 67.9 Å². The second-order valence-electron chi connectivity index (χ2n) is 18.7. The van der Waals surface area contributed by atoms with Crippen LogP contribution in [0.2, 0.25) is 0 Å². The minimum atomic E-state index is -1.61. The number of H-pyrrole nitrogens is 2. The maximum absolute atomic E-state index is 15.2. The van der Waals surface area contributed by atoms with E-state index >= 15 is 4.79 Å². The van der Waals surface area contributed by atoms with Gasteiger partial charge in [0.1, 0.15) is 42.3 Å². The molecule has 402 valence electrons. The number of hydrogen-bond donors (Lipinski definition) is 13. The van der Waals surface area contributed by atoms with Crippen LogP contribution in [0.15, 0.2) is 72.2 Å². The summed E-state index contributed by atoms with van der Waals surface area (Å²) < 4.78 is 0. The standard InChI is InChI=1S/C50H68N16O9/c1-2-3-14-36(65-50(54)75)44(70)63-38-23-41(67)56-18-9-8-16-34(42(51)68)60-45(71)37(20-30-24-58-33-15-7-6-13-32(30)33)62-43(69)35(17-10-19-57-49(52)53)61-47(73)40-21-28-11-4-5-12-29(28)26-66(40)48(74)39(64-46(38)72)22-31-25-55-27-59-31/h4-7,11-13,15,24-25,27,34-40,58H,2-3,8-10,14,16-23,26H2,1H3,(H2,51,68)(H,55,59)(H,56,67)(H,60,71)(H,61,73)(H,62,69)(H,63,70)(H,64,72)(H4,52,53,57)(H3,54,65,75)/t34-,35-,36-,37-,38-,39-,40+/m0/s1. The number of rotatable bonds is 15. The molecule has 17 N–H and O–H groups in total. The number of nitrogens with zero attached hydrogens (tertiary/aromatic N) is 3. The largest absolute Gasteiger partial charge is 0.370 e. The average Bonchev–Trinajstić information content (AvgIpc) is 4.06. The van der Waals surface area contributed by atoms with Gasteiger partial charge in [-0.1, -0.05) is 62.2 Å². The van der Waals surface area contributed by atoms with Gasteiger partial charge in [-0.05, 0) is 61.3 Å². The number of urea groups is 1. The molecule has 0 aliphatic carbocycles. The summed E-state index contributed by atoms with van der Waals surface area (Å²) in [5.41, 5.74) is 25.7. The molecular formula is C50H68N16O9. The van der Waals surface area contributed by atoms with Crippen molar-refractivity contribution in [2.45, 2.75) is 133 Å². The molecule has 0 saturated carbocycles. The Morgan fingerprint density at radius 2 is 1.52 bits per heavy atom. The van der Waals surface area contributed by atoms with Crippen LogP contribution in [0.5, 0.6) is 0 Å². The number of aromatic amines is 2. The predicted octanol–water partition coefficient (Wildman–Crippen LogP) is -1.49. The number of nitrogens with two attached hydrogens (primary N) is 4. The molecule has 0 radical (unpaired) electrons. The number of aliphatic imine (C=N–C) groups is 1. The second kappa shape index (κ2) is 27.0. The Kier molecular flexibility index (Phi) is 20.1. The van der Waals surface area contributed by atoms with E-state index < -0.39 is 102 Å². The number of hydrogen-bond acceptors (Lipinski definition) is 11. The predicted molar refractivity (Wildman–Crippen MR) is 275 cm³/mol. The van der Waals surface area contributed by atoms with Crippen LogP contribution >= 0.6 is 0 Å². The summed E-state index contributed by atoms with van der Waals surface area (Å²) in [7, 11) is 0. The third-order valence-electron chi connectivity index (χ3n) is 13.1. The summed E-state index contributed by atoms with van der Waals surface area (Å²) in [6, 6.07) is 4.16. The molecule has 0 spiro atoms.